The summed E-state index contributed by atoms with van der Waals surface area (Å²) in [6.07, 6.45) is 0.756. The molecular formula is C18H21NO3S. The monoisotopic (exact) mass is 331 g/mol. The fraction of sp³-hybridized carbons (Fsp3) is 0.333. The summed E-state index contributed by atoms with van der Waals surface area (Å²) in [5, 5.41) is 1.88. The van der Waals surface area contributed by atoms with Gasteiger partial charge in [-0.25, -0.2) is 0 Å². The smallest absolute Gasteiger partial charge is 0.310 e. The number of methoxy groups -OCH3 is 1. The van der Waals surface area contributed by atoms with E-state index in [9.17, 15) is 9.59 Å². The number of carbonyl (C=O) groups excluding carboxylic acids is 2. The fourth-order valence-corrected chi connectivity index (χ4v) is 3.04. The van der Waals surface area contributed by atoms with Crippen LogP contribution < -0.4 is 0 Å². The summed E-state index contributed by atoms with van der Waals surface area (Å²) >= 11 is 1.41. The molecule has 0 saturated carbocycles. The molecule has 1 amide bonds. The van der Waals surface area contributed by atoms with Gasteiger partial charge in [0, 0.05) is 13.1 Å². The van der Waals surface area contributed by atoms with Gasteiger partial charge in [0.25, 0.3) is 5.91 Å². The zero-order chi connectivity index (χ0) is 16.7. The molecule has 1 atom stereocenters. The average molecular weight is 331 g/mol. The summed E-state index contributed by atoms with van der Waals surface area (Å²) < 4.78 is 4.77. The molecule has 0 radical (unpaired) electrons. The summed E-state index contributed by atoms with van der Waals surface area (Å²) in [7, 11) is 1.37. The molecule has 0 aliphatic rings. The molecule has 0 aliphatic heterocycles. The number of esters is 1. The predicted octanol–water partition coefficient (Wildman–Crippen LogP) is 3.24. The van der Waals surface area contributed by atoms with Gasteiger partial charge in [0.15, 0.2) is 0 Å². The van der Waals surface area contributed by atoms with Crippen molar-refractivity contribution >= 4 is 23.2 Å². The molecule has 0 spiro atoms. The summed E-state index contributed by atoms with van der Waals surface area (Å²) in [5.41, 5.74) is 1.17. The van der Waals surface area contributed by atoms with Gasteiger partial charge in [-0.3, -0.25) is 9.59 Å². The van der Waals surface area contributed by atoms with Crippen LogP contribution in [-0.4, -0.2) is 37.0 Å². The fourth-order valence-electron chi connectivity index (χ4n) is 2.35. The number of ether oxygens (including phenoxy) is 1. The van der Waals surface area contributed by atoms with Gasteiger partial charge in [-0.15, -0.1) is 11.3 Å². The Bertz CT molecular complexity index is 625. The Morgan fingerprint density at radius 1 is 1.17 bits per heavy atom. The van der Waals surface area contributed by atoms with Crippen molar-refractivity contribution < 1.29 is 14.3 Å². The lowest BCUT2D eigenvalue weighted by Gasteiger charge is -2.24. The molecule has 0 fully saturated rings. The van der Waals surface area contributed by atoms with Crippen LogP contribution in [0.1, 0.15) is 22.2 Å². The molecule has 1 aromatic carbocycles. The molecular weight excluding hydrogens is 310 g/mol. The highest BCUT2D eigenvalue weighted by atomic mass is 32.1. The van der Waals surface area contributed by atoms with Gasteiger partial charge >= 0.3 is 5.97 Å². The van der Waals surface area contributed by atoms with Crippen LogP contribution in [0.5, 0.6) is 0 Å². The Kier molecular flexibility index (Phi) is 6.35. The highest BCUT2D eigenvalue weighted by Crippen LogP contribution is 2.15. The van der Waals surface area contributed by atoms with E-state index in [1.165, 1.54) is 24.0 Å². The normalized spacial score (nSPS) is 11.7. The van der Waals surface area contributed by atoms with Crippen molar-refractivity contribution in [3.63, 3.8) is 0 Å². The molecule has 1 unspecified atom stereocenters. The minimum Gasteiger partial charge on any atom is -0.469 e. The molecule has 1 heterocycles. The first kappa shape index (κ1) is 17.2. The molecule has 122 valence electrons. The number of nitrogens with zero attached hydrogens (tertiary/aromatic N) is 1. The molecule has 4 nitrogen and oxygen atoms in total. The molecule has 1 aromatic heterocycles. The van der Waals surface area contributed by atoms with Gasteiger partial charge < -0.3 is 9.64 Å². The van der Waals surface area contributed by atoms with Crippen LogP contribution in [-0.2, 0) is 16.0 Å². The molecule has 0 bridgehead atoms. The molecule has 23 heavy (non-hydrogen) atoms. The summed E-state index contributed by atoms with van der Waals surface area (Å²) in [5.74, 6) is -0.680. The average Bonchev–Trinajstić information content (AvgIpc) is 3.12. The standard InChI is InChI=1S/C18H21NO3S/c1-14(18(21)22-2)13-19(17(20)16-9-6-12-23-16)11-10-15-7-4-3-5-8-15/h3-9,12,14H,10-11,13H2,1-2H3. The number of amides is 1. The van der Waals surface area contributed by atoms with E-state index in [1.807, 2.05) is 47.8 Å². The first-order chi connectivity index (χ1) is 11.1. The number of thiophene rings is 1. The zero-order valence-electron chi connectivity index (χ0n) is 13.4. The second kappa shape index (κ2) is 8.48. The van der Waals surface area contributed by atoms with Crippen molar-refractivity contribution in [2.24, 2.45) is 5.92 Å². The highest BCUT2D eigenvalue weighted by molar-refractivity contribution is 7.12. The Morgan fingerprint density at radius 3 is 2.52 bits per heavy atom. The maximum Gasteiger partial charge on any atom is 0.310 e. The van der Waals surface area contributed by atoms with E-state index in [2.05, 4.69) is 0 Å². The zero-order valence-corrected chi connectivity index (χ0v) is 14.2. The quantitative estimate of drug-likeness (QED) is 0.732. The minimum atomic E-state index is -0.348. The Balaban J connectivity index is 2.07. The third-order valence-electron chi connectivity index (χ3n) is 3.63. The van der Waals surface area contributed by atoms with E-state index >= 15 is 0 Å². The van der Waals surface area contributed by atoms with Crippen LogP contribution >= 0.6 is 11.3 Å². The first-order valence-electron chi connectivity index (χ1n) is 7.56. The molecule has 0 aliphatic carbocycles. The number of hydrogen-bond donors (Lipinski definition) is 0. The summed E-state index contributed by atoms with van der Waals surface area (Å²) in [6.45, 7) is 2.71. The molecule has 0 N–H and O–H groups in total. The lowest BCUT2D eigenvalue weighted by molar-refractivity contribution is -0.145. The van der Waals surface area contributed by atoms with Crippen LogP contribution in [0.2, 0.25) is 0 Å². The second-order valence-corrected chi connectivity index (χ2v) is 6.34. The number of hydrogen-bond acceptors (Lipinski definition) is 4. The summed E-state index contributed by atoms with van der Waals surface area (Å²) in [4.78, 5) is 26.8. The Morgan fingerprint density at radius 2 is 1.91 bits per heavy atom. The molecule has 2 rings (SSSR count). The number of benzene rings is 1. The van der Waals surface area contributed by atoms with E-state index < -0.39 is 0 Å². The Labute approximate surface area is 140 Å². The van der Waals surface area contributed by atoms with Crippen molar-refractivity contribution in [2.75, 3.05) is 20.2 Å². The molecule has 2 aromatic rings. The summed E-state index contributed by atoms with van der Waals surface area (Å²) in [6, 6.07) is 13.7. The van der Waals surface area contributed by atoms with E-state index in [-0.39, 0.29) is 17.8 Å². The van der Waals surface area contributed by atoms with Gasteiger partial charge in [0.1, 0.15) is 0 Å². The van der Waals surface area contributed by atoms with E-state index in [0.29, 0.717) is 18.0 Å². The molecule has 5 heteroatoms. The maximum absolute atomic E-state index is 12.7. The Hall–Kier alpha value is -2.14. The second-order valence-electron chi connectivity index (χ2n) is 5.39. The SMILES string of the molecule is COC(=O)C(C)CN(CCc1ccccc1)C(=O)c1cccs1. The van der Waals surface area contributed by atoms with Crippen molar-refractivity contribution in [2.45, 2.75) is 13.3 Å². The topological polar surface area (TPSA) is 46.6 Å². The maximum atomic E-state index is 12.7. The van der Waals surface area contributed by atoms with Crippen molar-refractivity contribution in [3.8, 4) is 0 Å². The number of carbonyl (C=O) groups is 2. The molecule has 0 saturated heterocycles. The third kappa shape index (κ3) is 4.93. The van der Waals surface area contributed by atoms with Crippen molar-refractivity contribution in [3.05, 3.63) is 58.3 Å². The van der Waals surface area contributed by atoms with Crippen molar-refractivity contribution in [1.29, 1.82) is 0 Å². The van der Waals surface area contributed by atoms with Crippen LogP contribution in [0.15, 0.2) is 47.8 Å². The van der Waals surface area contributed by atoms with Crippen LogP contribution in [0, 0.1) is 5.92 Å². The van der Waals surface area contributed by atoms with Crippen LogP contribution in [0.4, 0.5) is 0 Å². The third-order valence-corrected chi connectivity index (χ3v) is 4.49. The van der Waals surface area contributed by atoms with E-state index in [1.54, 1.807) is 11.8 Å². The van der Waals surface area contributed by atoms with Crippen LogP contribution in [0.25, 0.3) is 0 Å². The predicted molar refractivity (Wildman–Crippen MR) is 91.5 cm³/mol. The van der Waals surface area contributed by atoms with Gasteiger partial charge in [-0.1, -0.05) is 43.3 Å². The highest BCUT2D eigenvalue weighted by Gasteiger charge is 2.22. The minimum absolute atomic E-state index is 0.0355. The van der Waals surface area contributed by atoms with E-state index in [0.717, 1.165) is 6.42 Å². The lowest BCUT2D eigenvalue weighted by Crippen LogP contribution is -2.38. The van der Waals surface area contributed by atoms with Crippen molar-refractivity contribution in [1.82, 2.24) is 4.90 Å². The van der Waals surface area contributed by atoms with Crippen LogP contribution in [0.3, 0.4) is 0 Å². The largest absolute Gasteiger partial charge is 0.469 e. The van der Waals surface area contributed by atoms with Gasteiger partial charge in [0.2, 0.25) is 0 Å². The van der Waals surface area contributed by atoms with Gasteiger partial charge in [-0.2, -0.15) is 0 Å². The first-order valence-corrected chi connectivity index (χ1v) is 8.44. The van der Waals surface area contributed by atoms with E-state index in [4.69, 9.17) is 4.74 Å². The lowest BCUT2D eigenvalue weighted by atomic mass is 10.1. The number of rotatable bonds is 7. The van der Waals surface area contributed by atoms with Gasteiger partial charge in [0.05, 0.1) is 17.9 Å². The van der Waals surface area contributed by atoms with Gasteiger partial charge in [-0.05, 0) is 23.4 Å².